The highest BCUT2D eigenvalue weighted by Crippen LogP contribution is 2.10. The summed E-state index contributed by atoms with van der Waals surface area (Å²) < 4.78 is 27.1. The quantitative estimate of drug-likeness (QED) is 0.645. The van der Waals surface area contributed by atoms with Gasteiger partial charge in [-0.15, -0.1) is 0 Å². The van der Waals surface area contributed by atoms with Gasteiger partial charge in [-0.2, -0.15) is 0 Å². The van der Waals surface area contributed by atoms with Crippen molar-refractivity contribution in [3.8, 4) is 0 Å². The number of amides is 1. The van der Waals surface area contributed by atoms with E-state index in [-0.39, 0.29) is 17.3 Å². The lowest BCUT2D eigenvalue weighted by molar-refractivity contribution is 0.0951. The smallest absolute Gasteiger partial charge is 0.251 e. The molecular formula is C22H22N2O3S. The van der Waals surface area contributed by atoms with Crippen molar-refractivity contribution >= 4 is 15.9 Å². The maximum absolute atomic E-state index is 12.2. The zero-order valence-electron chi connectivity index (χ0n) is 15.6. The average Bonchev–Trinajstić information content (AvgIpc) is 2.72. The maximum atomic E-state index is 12.2. The molecule has 0 heterocycles. The van der Waals surface area contributed by atoms with E-state index >= 15 is 0 Å². The first-order valence-electron chi connectivity index (χ1n) is 8.91. The topological polar surface area (TPSA) is 75.3 Å². The molecule has 0 aliphatic heterocycles. The Labute approximate surface area is 165 Å². The van der Waals surface area contributed by atoms with E-state index in [4.69, 9.17) is 0 Å². The molecule has 144 valence electrons. The van der Waals surface area contributed by atoms with Crippen molar-refractivity contribution in [2.45, 2.75) is 24.9 Å². The molecule has 0 aliphatic carbocycles. The Balaban J connectivity index is 1.54. The fourth-order valence-electron chi connectivity index (χ4n) is 2.71. The molecule has 0 spiro atoms. The molecule has 0 atom stereocenters. The van der Waals surface area contributed by atoms with E-state index in [1.165, 1.54) is 0 Å². The second-order valence-electron chi connectivity index (χ2n) is 6.51. The van der Waals surface area contributed by atoms with Crippen LogP contribution in [0.4, 0.5) is 0 Å². The minimum Gasteiger partial charge on any atom is -0.348 e. The molecule has 5 nitrogen and oxygen atoms in total. The van der Waals surface area contributed by atoms with Crippen LogP contribution >= 0.6 is 0 Å². The number of hydrogen-bond donors (Lipinski definition) is 2. The van der Waals surface area contributed by atoms with E-state index in [1.54, 1.807) is 36.4 Å². The Morgan fingerprint density at radius 3 is 2.11 bits per heavy atom. The zero-order valence-corrected chi connectivity index (χ0v) is 16.4. The van der Waals surface area contributed by atoms with Crippen molar-refractivity contribution in [2.24, 2.45) is 0 Å². The molecule has 0 aliphatic rings. The first-order chi connectivity index (χ1) is 13.4. The van der Waals surface area contributed by atoms with Crippen LogP contribution in [-0.4, -0.2) is 14.3 Å². The van der Waals surface area contributed by atoms with Gasteiger partial charge in [0.1, 0.15) is 0 Å². The van der Waals surface area contributed by atoms with Crippen molar-refractivity contribution in [3.63, 3.8) is 0 Å². The van der Waals surface area contributed by atoms with E-state index in [0.717, 1.165) is 16.7 Å². The van der Waals surface area contributed by atoms with Crippen LogP contribution in [0.1, 0.15) is 27.0 Å². The standard InChI is InChI=1S/C22H22N2O3S/c1-17-6-5-7-20(14-17)22(25)23-15-18-10-12-19(13-11-18)16-24-28(26,27)21-8-3-2-4-9-21/h2-14,24H,15-16H2,1H3,(H,23,25). The molecule has 3 aromatic rings. The lowest BCUT2D eigenvalue weighted by Gasteiger charge is -2.09. The predicted molar refractivity (Wildman–Crippen MR) is 109 cm³/mol. The van der Waals surface area contributed by atoms with Crippen molar-refractivity contribution in [1.82, 2.24) is 10.0 Å². The van der Waals surface area contributed by atoms with Gasteiger partial charge >= 0.3 is 0 Å². The maximum Gasteiger partial charge on any atom is 0.251 e. The number of benzene rings is 3. The molecule has 1 amide bonds. The van der Waals surface area contributed by atoms with Gasteiger partial charge in [-0.3, -0.25) is 4.79 Å². The van der Waals surface area contributed by atoms with Crippen LogP contribution in [0.3, 0.4) is 0 Å². The molecular weight excluding hydrogens is 372 g/mol. The second kappa shape index (κ2) is 8.82. The molecule has 3 aromatic carbocycles. The summed E-state index contributed by atoms with van der Waals surface area (Å²) in [7, 11) is -3.53. The highest BCUT2D eigenvalue weighted by atomic mass is 32.2. The monoisotopic (exact) mass is 394 g/mol. The largest absolute Gasteiger partial charge is 0.348 e. The first-order valence-corrected chi connectivity index (χ1v) is 10.4. The van der Waals surface area contributed by atoms with Gasteiger partial charge in [-0.05, 0) is 42.3 Å². The van der Waals surface area contributed by atoms with Crippen molar-refractivity contribution in [3.05, 3.63) is 101 Å². The molecule has 0 bridgehead atoms. The SMILES string of the molecule is Cc1cccc(C(=O)NCc2ccc(CNS(=O)(=O)c3ccccc3)cc2)c1. The minimum atomic E-state index is -3.53. The van der Waals surface area contributed by atoms with Crippen LogP contribution in [0.25, 0.3) is 0 Å². The van der Waals surface area contributed by atoms with Gasteiger partial charge in [-0.25, -0.2) is 13.1 Å². The number of carbonyl (C=O) groups is 1. The fourth-order valence-corrected chi connectivity index (χ4v) is 3.75. The molecule has 0 saturated carbocycles. The van der Waals surface area contributed by atoms with Gasteiger partial charge in [0.15, 0.2) is 0 Å². The van der Waals surface area contributed by atoms with Crippen LogP contribution in [0.5, 0.6) is 0 Å². The van der Waals surface area contributed by atoms with Crippen LogP contribution in [0.2, 0.25) is 0 Å². The minimum absolute atomic E-state index is 0.122. The van der Waals surface area contributed by atoms with E-state index in [2.05, 4.69) is 10.0 Å². The van der Waals surface area contributed by atoms with Gasteiger partial charge in [0, 0.05) is 18.7 Å². The molecule has 2 N–H and O–H groups in total. The van der Waals surface area contributed by atoms with Gasteiger partial charge in [-0.1, -0.05) is 60.2 Å². The summed E-state index contributed by atoms with van der Waals surface area (Å²) in [6, 6.07) is 23.1. The Morgan fingerprint density at radius 2 is 1.46 bits per heavy atom. The van der Waals surface area contributed by atoms with Crippen LogP contribution in [0, 0.1) is 6.92 Å². The summed E-state index contributed by atoms with van der Waals surface area (Å²) in [5, 5.41) is 2.89. The van der Waals surface area contributed by atoms with Gasteiger partial charge in [0.2, 0.25) is 10.0 Å². The number of nitrogens with one attached hydrogen (secondary N) is 2. The lowest BCUT2D eigenvalue weighted by atomic mass is 10.1. The summed E-state index contributed by atoms with van der Waals surface area (Å²) >= 11 is 0. The highest BCUT2D eigenvalue weighted by Gasteiger charge is 2.12. The summed E-state index contributed by atoms with van der Waals surface area (Å²) in [5.41, 5.74) is 3.45. The van der Waals surface area contributed by atoms with Crippen LogP contribution in [0.15, 0.2) is 83.8 Å². The van der Waals surface area contributed by atoms with E-state index in [0.29, 0.717) is 12.1 Å². The molecule has 0 fully saturated rings. The number of sulfonamides is 1. The third kappa shape index (κ3) is 5.28. The van der Waals surface area contributed by atoms with Gasteiger partial charge < -0.3 is 5.32 Å². The van der Waals surface area contributed by atoms with Crippen LogP contribution < -0.4 is 10.0 Å². The Kier molecular flexibility index (Phi) is 6.23. The number of hydrogen-bond acceptors (Lipinski definition) is 3. The van der Waals surface area contributed by atoms with Crippen LogP contribution in [-0.2, 0) is 23.1 Å². The predicted octanol–water partition coefficient (Wildman–Crippen LogP) is 3.40. The van der Waals surface area contributed by atoms with Gasteiger partial charge in [0.25, 0.3) is 5.91 Å². The van der Waals surface area contributed by atoms with Gasteiger partial charge in [0.05, 0.1) is 4.90 Å². The molecule has 6 heteroatoms. The fraction of sp³-hybridized carbons (Fsp3) is 0.136. The molecule has 0 radical (unpaired) electrons. The summed E-state index contributed by atoms with van der Waals surface area (Å²) in [5.74, 6) is -0.122. The normalized spacial score (nSPS) is 11.2. The van der Waals surface area contributed by atoms with Crippen molar-refractivity contribution in [2.75, 3.05) is 0 Å². The summed E-state index contributed by atoms with van der Waals surface area (Å²) in [6.07, 6.45) is 0. The molecule has 0 unspecified atom stereocenters. The zero-order chi connectivity index (χ0) is 20.0. The Bertz CT molecular complexity index is 1050. The van der Waals surface area contributed by atoms with E-state index in [1.807, 2.05) is 49.4 Å². The Morgan fingerprint density at radius 1 is 0.821 bits per heavy atom. The first kappa shape index (κ1) is 19.8. The third-order valence-corrected chi connectivity index (χ3v) is 5.69. The average molecular weight is 394 g/mol. The number of rotatable bonds is 7. The Hall–Kier alpha value is -2.96. The second-order valence-corrected chi connectivity index (χ2v) is 8.27. The molecule has 28 heavy (non-hydrogen) atoms. The molecule has 3 rings (SSSR count). The number of aryl methyl sites for hydroxylation is 1. The summed E-state index contributed by atoms with van der Waals surface area (Å²) in [6.45, 7) is 2.55. The number of carbonyl (C=O) groups excluding carboxylic acids is 1. The van der Waals surface area contributed by atoms with Crippen molar-refractivity contribution in [1.29, 1.82) is 0 Å². The van der Waals surface area contributed by atoms with E-state index < -0.39 is 10.0 Å². The van der Waals surface area contributed by atoms with Crippen molar-refractivity contribution < 1.29 is 13.2 Å². The summed E-state index contributed by atoms with van der Waals surface area (Å²) in [4.78, 5) is 12.4. The molecule has 0 saturated heterocycles. The molecule has 0 aromatic heterocycles. The van der Waals surface area contributed by atoms with E-state index in [9.17, 15) is 13.2 Å². The third-order valence-electron chi connectivity index (χ3n) is 4.28. The highest BCUT2D eigenvalue weighted by molar-refractivity contribution is 7.89. The lowest BCUT2D eigenvalue weighted by Crippen LogP contribution is -2.23.